The Balaban J connectivity index is 2.33. The standard InChI is InChI=1S/C8H12N2O2/c1-2-9-5-6-10-7(11)3-4-8(10)12/h3-4,9H,2,5-6H2,1H3. The molecule has 1 aliphatic rings. The number of nitrogens with zero attached hydrogens (tertiary/aromatic N) is 1. The van der Waals surface area contributed by atoms with Crippen LogP contribution in [0.25, 0.3) is 0 Å². The minimum absolute atomic E-state index is 0.210. The van der Waals surface area contributed by atoms with Crippen LogP contribution in [0.15, 0.2) is 12.2 Å². The van der Waals surface area contributed by atoms with Crippen molar-refractivity contribution in [3.05, 3.63) is 12.2 Å². The highest BCUT2D eigenvalue weighted by Gasteiger charge is 2.21. The van der Waals surface area contributed by atoms with E-state index in [9.17, 15) is 9.59 Å². The van der Waals surface area contributed by atoms with Crippen LogP contribution in [-0.4, -0.2) is 36.3 Å². The minimum Gasteiger partial charge on any atom is -0.315 e. The molecule has 12 heavy (non-hydrogen) atoms. The number of carbonyl (C=O) groups excluding carboxylic acids is 2. The molecule has 0 atom stereocenters. The van der Waals surface area contributed by atoms with E-state index < -0.39 is 0 Å². The lowest BCUT2D eigenvalue weighted by Crippen LogP contribution is -2.36. The fraction of sp³-hybridized carbons (Fsp3) is 0.500. The predicted molar refractivity (Wildman–Crippen MR) is 44.4 cm³/mol. The molecule has 1 rings (SSSR count). The molecule has 0 saturated heterocycles. The van der Waals surface area contributed by atoms with Gasteiger partial charge in [0.25, 0.3) is 11.8 Å². The van der Waals surface area contributed by atoms with E-state index in [2.05, 4.69) is 5.32 Å². The fourth-order valence-corrected chi connectivity index (χ4v) is 1.02. The Hall–Kier alpha value is -1.16. The first-order chi connectivity index (χ1) is 5.75. The third-order valence-corrected chi connectivity index (χ3v) is 1.66. The van der Waals surface area contributed by atoms with Gasteiger partial charge in [0.05, 0.1) is 0 Å². The first kappa shape index (κ1) is 8.93. The first-order valence-electron chi connectivity index (χ1n) is 4.00. The molecule has 0 unspecified atom stereocenters. The molecule has 4 nitrogen and oxygen atoms in total. The molecule has 66 valence electrons. The quantitative estimate of drug-likeness (QED) is 0.455. The second-order valence-electron chi connectivity index (χ2n) is 2.52. The molecule has 2 amide bonds. The van der Waals surface area contributed by atoms with Gasteiger partial charge in [-0.05, 0) is 6.54 Å². The Kier molecular flexibility index (Phi) is 2.99. The molecule has 0 fully saturated rings. The molecular weight excluding hydrogens is 156 g/mol. The monoisotopic (exact) mass is 168 g/mol. The van der Waals surface area contributed by atoms with E-state index in [1.165, 1.54) is 17.1 Å². The van der Waals surface area contributed by atoms with Crippen molar-refractivity contribution in [3.63, 3.8) is 0 Å². The summed E-state index contributed by atoms with van der Waals surface area (Å²) in [7, 11) is 0. The Morgan fingerprint density at radius 1 is 1.33 bits per heavy atom. The van der Waals surface area contributed by atoms with Gasteiger partial charge in [-0.2, -0.15) is 0 Å². The molecule has 0 aliphatic carbocycles. The number of hydrogen-bond donors (Lipinski definition) is 1. The normalized spacial score (nSPS) is 16.2. The van der Waals surface area contributed by atoms with Gasteiger partial charge in [-0.15, -0.1) is 0 Å². The maximum absolute atomic E-state index is 11.0. The summed E-state index contributed by atoms with van der Waals surface area (Å²) in [5, 5.41) is 3.04. The lowest BCUT2D eigenvalue weighted by Gasteiger charge is -2.12. The van der Waals surface area contributed by atoms with E-state index in [0.29, 0.717) is 13.1 Å². The lowest BCUT2D eigenvalue weighted by atomic mass is 10.5. The molecule has 0 spiro atoms. The van der Waals surface area contributed by atoms with Crippen molar-refractivity contribution in [2.24, 2.45) is 0 Å². The van der Waals surface area contributed by atoms with Crippen molar-refractivity contribution in [2.75, 3.05) is 19.6 Å². The number of imide groups is 1. The maximum Gasteiger partial charge on any atom is 0.253 e. The lowest BCUT2D eigenvalue weighted by molar-refractivity contribution is -0.136. The summed E-state index contributed by atoms with van der Waals surface area (Å²) in [6.45, 7) is 3.95. The zero-order valence-electron chi connectivity index (χ0n) is 7.04. The number of amides is 2. The van der Waals surface area contributed by atoms with Crippen LogP contribution in [0, 0.1) is 0 Å². The van der Waals surface area contributed by atoms with Gasteiger partial charge in [-0.25, -0.2) is 0 Å². The highest BCUT2D eigenvalue weighted by atomic mass is 16.2. The average Bonchev–Trinajstić information content (AvgIpc) is 2.35. The number of rotatable bonds is 4. The fourth-order valence-electron chi connectivity index (χ4n) is 1.02. The molecule has 1 aliphatic heterocycles. The van der Waals surface area contributed by atoms with Crippen LogP contribution in [0.3, 0.4) is 0 Å². The number of carbonyl (C=O) groups is 2. The van der Waals surface area contributed by atoms with E-state index in [-0.39, 0.29) is 11.8 Å². The van der Waals surface area contributed by atoms with Crippen LogP contribution < -0.4 is 5.32 Å². The predicted octanol–water partition coefficient (Wildman–Crippen LogP) is -0.479. The van der Waals surface area contributed by atoms with Crippen LogP contribution in [-0.2, 0) is 9.59 Å². The summed E-state index contributed by atoms with van der Waals surface area (Å²) < 4.78 is 0. The van der Waals surface area contributed by atoms with Crippen molar-refractivity contribution in [2.45, 2.75) is 6.92 Å². The molecule has 0 aromatic heterocycles. The second kappa shape index (κ2) is 4.01. The van der Waals surface area contributed by atoms with Crippen molar-refractivity contribution >= 4 is 11.8 Å². The van der Waals surface area contributed by atoms with E-state index >= 15 is 0 Å². The van der Waals surface area contributed by atoms with E-state index in [0.717, 1.165) is 6.54 Å². The molecule has 1 N–H and O–H groups in total. The van der Waals surface area contributed by atoms with Gasteiger partial charge < -0.3 is 5.32 Å². The summed E-state index contributed by atoms with van der Waals surface area (Å²) in [5.74, 6) is -0.421. The SMILES string of the molecule is CCNCCN1C(=O)C=CC1=O. The van der Waals surface area contributed by atoms with Crippen molar-refractivity contribution in [1.29, 1.82) is 0 Å². The maximum atomic E-state index is 11.0. The summed E-state index contributed by atoms with van der Waals surface area (Å²) >= 11 is 0. The third kappa shape index (κ3) is 1.92. The highest BCUT2D eigenvalue weighted by Crippen LogP contribution is 2.01. The topological polar surface area (TPSA) is 49.4 Å². The van der Waals surface area contributed by atoms with Crippen molar-refractivity contribution in [3.8, 4) is 0 Å². The van der Waals surface area contributed by atoms with Crippen LogP contribution in [0.2, 0.25) is 0 Å². The number of likely N-dealkylation sites (N-methyl/N-ethyl adjacent to an activating group) is 1. The molecule has 0 aromatic carbocycles. The molecule has 1 heterocycles. The van der Waals surface area contributed by atoms with Crippen LogP contribution in [0.4, 0.5) is 0 Å². The number of nitrogens with one attached hydrogen (secondary N) is 1. The van der Waals surface area contributed by atoms with E-state index in [4.69, 9.17) is 0 Å². The van der Waals surface area contributed by atoms with Crippen LogP contribution in [0.5, 0.6) is 0 Å². The summed E-state index contributed by atoms with van der Waals surface area (Å²) in [5.41, 5.74) is 0. The summed E-state index contributed by atoms with van der Waals surface area (Å²) in [6, 6.07) is 0. The van der Waals surface area contributed by atoms with Gasteiger partial charge in [0.2, 0.25) is 0 Å². The third-order valence-electron chi connectivity index (χ3n) is 1.66. The van der Waals surface area contributed by atoms with Crippen molar-refractivity contribution < 1.29 is 9.59 Å². The zero-order chi connectivity index (χ0) is 8.97. The first-order valence-corrected chi connectivity index (χ1v) is 4.00. The van der Waals surface area contributed by atoms with Gasteiger partial charge in [-0.1, -0.05) is 6.92 Å². The Morgan fingerprint density at radius 2 is 1.92 bits per heavy atom. The molecular formula is C8H12N2O2. The van der Waals surface area contributed by atoms with Gasteiger partial charge >= 0.3 is 0 Å². The summed E-state index contributed by atoms with van der Waals surface area (Å²) in [6.07, 6.45) is 2.60. The van der Waals surface area contributed by atoms with Crippen LogP contribution in [0.1, 0.15) is 6.92 Å². The van der Waals surface area contributed by atoms with Gasteiger partial charge in [0.1, 0.15) is 0 Å². The molecule has 0 bridgehead atoms. The Labute approximate surface area is 71.2 Å². The largest absolute Gasteiger partial charge is 0.315 e. The zero-order valence-corrected chi connectivity index (χ0v) is 7.04. The molecule has 0 saturated carbocycles. The molecule has 0 radical (unpaired) electrons. The summed E-state index contributed by atoms with van der Waals surface area (Å²) in [4.78, 5) is 23.2. The highest BCUT2D eigenvalue weighted by molar-refractivity contribution is 6.12. The van der Waals surface area contributed by atoms with Gasteiger partial charge in [-0.3, -0.25) is 14.5 Å². The van der Waals surface area contributed by atoms with Crippen LogP contribution >= 0.6 is 0 Å². The van der Waals surface area contributed by atoms with Gasteiger partial charge in [0, 0.05) is 25.2 Å². The molecule has 0 aromatic rings. The molecule has 4 heteroatoms. The second-order valence-corrected chi connectivity index (χ2v) is 2.52. The number of hydrogen-bond acceptors (Lipinski definition) is 3. The Bertz CT molecular complexity index is 205. The minimum atomic E-state index is -0.210. The van der Waals surface area contributed by atoms with E-state index in [1.54, 1.807) is 0 Å². The van der Waals surface area contributed by atoms with E-state index in [1.807, 2.05) is 6.92 Å². The Morgan fingerprint density at radius 3 is 2.42 bits per heavy atom. The van der Waals surface area contributed by atoms with Crippen molar-refractivity contribution in [1.82, 2.24) is 10.2 Å². The average molecular weight is 168 g/mol. The van der Waals surface area contributed by atoms with Gasteiger partial charge in [0.15, 0.2) is 0 Å². The smallest absolute Gasteiger partial charge is 0.253 e.